The van der Waals surface area contributed by atoms with E-state index < -0.39 is 6.10 Å². The van der Waals surface area contributed by atoms with E-state index in [4.69, 9.17) is 4.52 Å². The van der Waals surface area contributed by atoms with Crippen molar-refractivity contribution in [2.24, 2.45) is 0 Å². The number of aliphatic hydroxyl groups excluding tert-OH is 1. The number of fused-ring (bicyclic) bond motifs is 2. The molecule has 0 saturated carbocycles. The third kappa shape index (κ3) is 3.78. The van der Waals surface area contributed by atoms with Crippen molar-refractivity contribution in [2.45, 2.75) is 57.6 Å². The largest absolute Gasteiger partial charge is 0.385 e. The van der Waals surface area contributed by atoms with Gasteiger partial charge in [0.1, 0.15) is 17.7 Å². The van der Waals surface area contributed by atoms with Crippen molar-refractivity contribution < 1.29 is 14.0 Å². The SMILES string of the molecule is Cc1nc2n(c(=O)c1CCN1CCC(c3noc4ccc(F)cc34)CC1)CCC[C@H]2O. The van der Waals surface area contributed by atoms with Gasteiger partial charge in [-0.05, 0) is 70.3 Å². The van der Waals surface area contributed by atoms with Gasteiger partial charge in [-0.25, -0.2) is 9.37 Å². The number of rotatable bonds is 4. The predicted molar refractivity (Wildman–Crippen MR) is 114 cm³/mol. The van der Waals surface area contributed by atoms with Gasteiger partial charge < -0.3 is 14.5 Å². The molecule has 1 fully saturated rings. The van der Waals surface area contributed by atoms with E-state index in [1.807, 2.05) is 6.92 Å². The van der Waals surface area contributed by atoms with Crippen molar-refractivity contribution in [1.82, 2.24) is 19.6 Å². The molecule has 2 aromatic heterocycles. The maximum Gasteiger partial charge on any atom is 0.257 e. The zero-order valence-electron chi connectivity index (χ0n) is 17.7. The van der Waals surface area contributed by atoms with E-state index in [0.717, 1.165) is 61.2 Å². The summed E-state index contributed by atoms with van der Waals surface area (Å²) >= 11 is 0. The van der Waals surface area contributed by atoms with Gasteiger partial charge in [0.2, 0.25) is 0 Å². The monoisotopic (exact) mass is 426 g/mol. The Balaban J connectivity index is 1.25. The van der Waals surface area contributed by atoms with Gasteiger partial charge in [0.15, 0.2) is 5.58 Å². The van der Waals surface area contributed by atoms with E-state index in [2.05, 4.69) is 15.0 Å². The second-order valence-corrected chi connectivity index (χ2v) is 8.72. The van der Waals surface area contributed by atoms with Gasteiger partial charge in [-0.2, -0.15) is 0 Å². The summed E-state index contributed by atoms with van der Waals surface area (Å²) in [6.45, 7) is 5.07. The third-order valence-electron chi connectivity index (χ3n) is 6.77. The second-order valence-electron chi connectivity index (χ2n) is 8.72. The fourth-order valence-electron chi connectivity index (χ4n) is 4.98. The van der Waals surface area contributed by atoms with Crippen molar-refractivity contribution in [1.29, 1.82) is 0 Å². The van der Waals surface area contributed by atoms with Gasteiger partial charge in [-0.1, -0.05) is 5.16 Å². The van der Waals surface area contributed by atoms with Crippen LogP contribution in [-0.4, -0.2) is 44.3 Å². The van der Waals surface area contributed by atoms with Gasteiger partial charge in [0.25, 0.3) is 5.56 Å². The van der Waals surface area contributed by atoms with Crippen LogP contribution in [0.15, 0.2) is 27.5 Å². The summed E-state index contributed by atoms with van der Waals surface area (Å²) in [4.78, 5) is 19.9. The van der Waals surface area contributed by atoms with Crippen LogP contribution >= 0.6 is 0 Å². The van der Waals surface area contributed by atoms with Crippen molar-refractivity contribution in [2.75, 3.05) is 19.6 Å². The number of hydrogen-bond donors (Lipinski definition) is 1. The lowest BCUT2D eigenvalue weighted by atomic mass is 9.91. The van der Waals surface area contributed by atoms with Gasteiger partial charge in [0.05, 0.1) is 5.69 Å². The van der Waals surface area contributed by atoms with Crippen LogP contribution in [0.5, 0.6) is 0 Å². The summed E-state index contributed by atoms with van der Waals surface area (Å²) in [6, 6.07) is 4.52. The Morgan fingerprint density at radius 3 is 2.84 bits per heavy atom. The van der Waals surface area contributed by atoms with Crippen molar-refractivity contribution in [3.8, 4) is 0 Å². The molecule has 0 spiro atoms. The summed E-state index contributed by atoms with van der Waals surface area (Å²) < 4.78 is 20.7. The molecule has 2 aliphatic rings. The lowest BCUT2D eigenvalue weighted by molar-refractivity contribution is 0.129. The van der Waals surface area contributed by atoms with Gasteiger partial charge >= 0.3 is 0 Å². The van der Waals surface area contributed by atoms with E-state index in [0.29, 0.717) is 30.8 Å². The smallest absolute Gasteiger partial charge is 0.257 e. The molecule has 0 unspecified atom stereocenters. The number of halogens is 1. The number of likely N-dealkylation sites (tertiary alicyclic amines) is 1. The highest BCUT2D eigenvalue weighted by Gasteiger charge is 2.27. The topological polar surface area (TPSA) is 84.4 Å². The van der Waals surface area contributed by atoms with Gasteiger partial charge in [-0.3, -0.25) is 9.36 Å². The van der Waals surface area contributed by atoms with Gasteiger partial charge in [0, 0.05) is 35.7 Å². The molecule has 164 valence electrons. The van der Waals surface area contributed by atoms with E-state index in [9.17, 15) is 14.3 Å². The first-order valence-corrected chi connectivity index (χ1v) is 11.1. The standard InChI is InChI=1S/C23H27FN4O3/c1-14-17(23(30)28-9-2-3-19(29)22(28)25-14)8-12-27-10-6-15(7-11-27)21-18-13-16(24)4-5-20(18)31-26-21/h4-5,13,15,19,29H,2-3,6-12H2,1H3/t19-/m1/s1. The molecule has 2 aliphatic heterocycles. The molecule has 8 heteroatoms. The highest BCUT2D eigenvalue weighted by atomic mass is 19.1. The van der Waals surface area contributed by atoms with Crippen molar-refractivity contribution in [3.63, 3.8) is 0 Å². The molecule has 5 rings (SSSR count). The Hall–Kier alpha value is -2.58. The van der Waals surface area contributed by atoms with Crippen molar-refractivity contribution in [3.05, 3.63) is 57.1 Å². The normalized spacial score (nSPS) is 20.3. The fourth-order valence-corrected chi connectivity index (χ4v) is 4.98. The molecular weight excluding hydrogens is 399 g/mol. The Morgan fingerprint density at radius 1 is 1.23 bits per heavy atom. The average molecular weight is 426 g/mol. The summed E-state index contributed by atoms with van der Waals surface area (Å²) in [5.74, 6) is 0.482. The number of nitrogens with zero attached hydrogens (tertiary/aromatic N) is 4. The quantitative estimate of drug-likeness (QED) is 0.690. The van der Waals surface area contributed by atoms with Crippen LogP contribution in [0.25, 0.3) is 11.0 Å². The molecule has 1 aromatic carbocycles. The second kappa shape index (κ2) is 8.16. The van der Waals surface area contributed by atoms with Crippen LogP contribution in [0.1, 0.15) is 60.5 Å². The Kier molecular flexibility index (Phi) is 5.35. The number of aromatic nitrogens is 3. The molecule has 1 saturated heterocycles. The highest BCUT2D eigenvalue weighted by Crippen LogP contribution is 2.33. The molecule has 4 heterocycles. The maximum absolute atomic E-state index is 13.7. The minimum Gasteiger partial charge on any atom is -0.385 e. The zero-order chi connectivity index (χ0) is 21.5. The number of aliphatic hydroxyl groups is 1. The summed E-state index contributed by atoms with van der Waals surface area (Å²) in [5.41, 5.74) is 2.94. The van der Waals surface area contributed by atoms with Crippen LogP contribution < -0.4 is 5.56 Å². The van der Waals surface area contributed by atoms with E-state index >= 15 is 0 Å². The predicted octanol–water partition coefficient (Wildman–Crippen LogP) is 3.08. The molecule has 0 radical (unpaired) electrons. The summed E-state index contributed by atoms with van der Waals surface area (Å²) in [5, 5.41) is 15.1. The first kappa shape index (κ1) is 20.3. The molecule has 31 heavy (non-hydrogen) atoms. The van der Waals surface area contributed by atoms with E-state index in [1.54, 1.807) is 10.6 Å². The summed E-state index contributed by atoms with van der Waals surface area (Å²) in [6.07, 6.45) is 3.31. The molecule has 0 bridgehead atoms. The molecular formula is C23H27FN4O3. The maximum atomic E-state index is 13.7. The lowest BCUT2D eigenvalue weighted by Crippen LogP contribution is -2.37. The molecule has 0 aliphatic carbocycles. The number of aryl methyl sites for hydroxylation is 1. The highest BCUT2D eigenvalue weighted by molar-refractivity contribution is 5.79. The zero-order valence-corrected chi connectivity index (χ0v) is 17.7. The lowest BCUT2D eigenvalue weighted by Gasteiger charge is -2.31. The molecule has 3 aromatic rings. The van der Waals surface area contributed by atoms with Crippen LogP contribution in [0.3, 0.4) is 0 Å². The van der Waals surface area contributed by atoms with Gasteiger partial charge in [-0.15, -0.1) is 0 Å². The number of benzene rings is 1. The van der Waals surface area contributed by atoms with Crippen LogP contribution in [0, 0.1) is 12.7 Å². The Morgan fingerprint density at radius 2 is 2.03 bits per heavy atom. The van der Waals surface area contributed by atoms with E-state index in [1.165, 1.54) is 12.1 Å². The first-order chi connectivity index (χ1) is 15.0. The molecule has 7 nitrogen and oxygen atoms in total. The molecule has 1 atom stereocenters. The third-order valence-corrected chi connectivity index (χ3v) is 6.77. The summed E-state index contributed by atoms with van der Waals surface area (Å²) in [7, 11) is 0. The van der Waals surface area contributed by atoms with Crippen LogP contribution in [-0.2, 0) is 13.0 Å². The number of piperidine rings is 1. The molecule has 0 amide bonds. The Bertz CT molecular complexity index is 1160. The Labute approximate surface area is 179 Å². The fraction of sp³-hybridized carbons (Fsp3) is 0.522. The van der Waals surface area contributed by atoms with Crippen LogP contribution in [0.4, 0.5) is 4.39 Å². The van der Waals surface area contributed by atoms with Crippen molar-refractivity contribution >= 4 is 11.0 Å². The molecule has 1 N–H and O–H groups in total. The first-order valence-electron chi connectivity index (χ1n) is 11.1. The van der Waals surface area contributed by atoms with E-state index in [-0.39, 0.29) is 17.3 Å². The van der Waals surface area contributed by atoms with Crippen LogP contribution in [0.2, 0.25) is 0 Å². The minimum absolute atomic E-state index is 0.00719. The average Bonchev–Trinajstić information content (AvgIpc) is 3.18. The number of hydrogen-bond acceptors (Lipinski definition) is 6. The minimum atomic E-state index is -0.644.